The smallest absolute Gasteiger partial charge is 0.0719 e. The van der Waals surface area contributed by atoms with Crippen molar-refractivity contribution in [2.75, 3.05) is 18.6 Å². The Morgan fingerprint density at radius 1 is 1.37 bits per heavy atom. The van der Waals surface area contributed by atoms with Gasteiger partial charge in [0.1, 0.15) is 0 Å². The Morgan fingerprint density at radius 3 is 2.89 bits per heavy atom. The zero-order valence-electron chi connectivity index (χ0n) is 12.0. The molecule has 104 valence electrons. The summed E-state index contributed by atoms with van der Waals surface area (Å²) in [7, 11) is 4.06. The standard InChI is InChI=1S/C15H23N3S/c1-4-9-19-11-12(16-2)10-14-13-7-5-6-8-15(13)18(3)17-14/h5-8,12,16H,4,9-11H2,1-3H3. The van der Waals surface area contributed by atoms with Crippen molar-refractivity contribution in [1.82, 2.24) is 15.1 Å². The van der Waals surface area contributed by atoms with Gasteiger partial charge in [-0.25, -0.2) is 0 Å². The second kappa shape index (κ2) is 6.96. The number of aryl methyl sites for hydroxylation is 1. The maximum atomic E-state index is 4.67. The van der Waals surface area contributed by atoms with Gasteiger partial charge in [0.05, 0.1) is 11.2 Å². The Morgan fingerprint density at radius 2 is 2.16 bits per heavy atom. The van der Waals surface area contributed by atoms with Gasteiger partial charge in [-0.3, -0.25) is 4.68 Å². The molecule has 3 nitrogen and oxygen atoms in total. The Hall–Kier alpha value is -1.00. The normalized spacial score (nSPS) is 13.0. The number of nitrogens with one attached hydrogen (secondary N) is 1. The minimum atomic E-state index is 0.495. The number of likely N-dealkylation sites (N-methyl/N-ethyl adjacent to an activating group) is 1. The van der Waals surface area contributed by atoms with Crippen molar-refractivity contribution in [1.29, 1.82) is 0 Å². The number of thioether (sulfide) groups is 1. The van der Waals surface area contributed by atoms with Crippen molar-refractivity contribution >= 4 is 22.7 Å². The van der Waals surface area contributed by atoms with Crippen molar-refractivity contribution in [3.05, 3.63) is 30.0 Å². The van der Waals surface area contributed by atoms with Crippen LogP contribution in [0, 0.1) is 0 Å². The van der Waals surface area contributed by atoms with Gasteiger partial charge in [0.15, 0.2) is 0 Å². The number of para-hydroxylation sites is 1. The van der Waals surface area contributed by atoms with Crippen LogP contribution in [0.2, 0.25) is 0 Å². The van der Waals surface area contributed by atoms with Crippen LogP contribution < -0.4 is 5.32 Å². The molecule has 0 saturated carbocycles. The van der Waals surface area contributed by atoms with Gasteiger partial charge in [0, 0.05) is 30.6 Å². The van der Waals surface area contributed by atoms with E-state index in [2.05, 4.69) is 41.6 Å². The molecule has 1 unspecified atom stereocenters. The van der Waals surface area contributed by atoms with Gasteiger partial charge in [-0.15, -0.1) is 0 Å². The van der Waals surface area contributed by atoms with Crippen LogP contribution >= 0.6 is 11.8 Å². The topological polar surface area (TPSA) is 29.9 Å². The van der Waals surface area contributed by atoms with Gasteiger partial charge < -0.3 is 5.32 Å². The van der Waals surface area contributed by atoms with Gasteiger partial charge in [-0.1, -0.05) is 25.1 Å². The number of benzene rings is 1. The van der Waals surface area contributed by atoms with Gasteiger partial charge in [0.25, 0.3) is 0 Å². The average Bonchev–Trinajstić information content (AvgIpc) is 2.75. The summed E-state index contributed by atoms with van der Waals surface area (Å²) in [4.78, 5) is 0. The van der Waals surface area contributed by atoms with Crippen molar-refractivity contribution in [2.45, 2.75) is 25.8 Å². The first-order valence-electron chi connectivity index (χ1n) is 6.91. The molecule has 1 atom stereocenters. The molecule has 2 rings (SSSR count). The SMILES string of the molecule is CCCSCC(Cc1nn(C)c2ccccc12)NC. The molecule has 1 aromatic heterocycles. The Kier molecular flexibility index (Phi) is 5.28. The molecule has 0 bridgehead atoms. The minimum Gasteiger partial charge on any atom is -0.316 e. The third kappa shape index (κ3) is 3.51. The lowest BCUT2D eigenvalue weighted by atomic mass is 10.1. The van der Waals surface area contributed by atoms with Crippen molar-refractivity contribution in [3.8, 4) is 0 Å². The molecule has 1 N–H and O–H groups in total. The summed E-state index contributed by atoms with van der Waals surface area (Å²) in [6.45, 7) is 2.23. The van der Waals surface area contributed by atoms with E-state index in [9.17, 15) is 0 Å². The minimum absolute atomic E-state index is 0.495. The molecule has 0 fully saturated rings. The lowest BCUT2D eigenvalue weighted by Crippen LogP contribution is -2.30. The molecule has 0 amide bonds. The highest BCUT2D eigenvalue weighted by molar-refractivity contribution is 7.99. The van der Waals surface area contributed by atoms with Crippen molar-refractivity contribution in [2.24, 2.45) is 7.05 Å². The van der Waals surface area contributed by atoms with Gasteiger partial charge in [0.2, 0.25) is 0 Å². The molecule has 1 heterocycles. The first-order chi connectivity index (χ1) is 9.26. The molecule has 19 heavy (non-hydrogen) atoms. The molecule has 0 spiro atoms. The summed E-state index contributed by atoms with van der Waals surface area (Å²) < 4.78 is 1.98. The van der Waals surface area contributed by atoms with E-state index < -0.39 is 0 Å². The Balaban J connectivity index is 2.11. The molecule has 2 aromatic rings. The van der Waals surface area contributed by atoms with Gasteiger partial charge in [-0.2, -0.15) is 16.9 Å². The van der Waals surface area contributed by atoms with E-state index in [4.69, 9.17) is 0 Å². The van der Waals surface area contributed by atoms with Crippen LogP contribution in [0.3, 0.4) is 0 Å². The molecule has 0 aliphatic carbocycles. The van der Waals surface area contributed by atoms with E-state index in [1.165, 1.54) is 28.8 Å². The summed E-state index contributed by atoms with van der Waals surface area (Å²) in [5.41, 5.74) is 2.42. The monoisotopic (exact) mass is 277 g/mol. The molecular weight excluding hydrogens is 254 g/mol. The van der Waals surface area contributed by atoms with Gasteiger partial charge in [-0.05, 0) is 25.3 Å². The van der Waals surface area contributed by atoms with Crippen LogP contribution in [-0.4, -0.2) is 34.4 Å². The first kappa shape index (κ1) is 14.4. The molecule has 4 heteroatoms. The van der Waals surface area contributed by atoms with Crippen molar-refractivity contribution < 1.29 is 0 Å². The summed E-state index contributed by atoms with van der Waals surface area (Å²) in [6, 6.07) is 8.96. The average molecular weight is 277 g/mol. The number of hydrogen-bond donors (Lipinski definition) is 1. The van der Waals surface area contributed by atoms with Crippen LogP contribution in [-0.2, 0) is 13.5 Å². The van der Waals surface area contributed by atoms with E-state index in [1.54, 1.807) is 0 Å². The second-order valence-electron chi connectivity index (χ2n) is 4.85. The van der Waals surface area contributed by atoms with Crippen molar-refractivity contribution in [3.63, 3.8) is 0 Å². The fourth-order valence-corrected chi connectivity index (χ4v) is 3.31. The number of fused-ring (bicyclic) bond motifs is 1. The van der Waals surface area contributed by atoms with E-state index in [1.807, 2.05) is 30.5 Å². The highest BCUT2D eigenvalue weighted by Crippen LogP contribution is 2.19. The first-order valence-corrected chi connectivity index (χ1v) is 8.07. The van der Waals surface area contributed by atoms with Crippen LogP contribution in [0.15, 0.2) is 24.3 Å². The molecule has 0 radical (unpaired) electrons. The number of rotatable bonds is 7. The largest absolute Gasteiger partial charge is 0.316 e. The summed E-state index contributed by atoms with van der Waals surface area (Å²) in [6.07, 6.45) is 2.24. The van der Waals surface area contributed by atoms with Crippen LogP contribution in [0.25, 0.3) is 10.9 Å². The third-order valence-corrected chi connectivity index (χ3v) is 4.68. The summed E-state index contributed by atoms with van der Waals surface area (Å²) >= 11 is 2.02. The predicted molar refractivity (Wildman–Crippen MR) is 84.9 cm³/mol. The van der Waals surface area contributed by atoms with E-state index in [0.29, 0.717) is 6.04 Å². The zero-order valence-corrected chi connectivity index (χ0v) is 12.8. The van der Waals surface area contributed by atoms with E-state index in [-0.39, 0.29) is 0 Å². The Labute approximate surface area is 119 Å². The molecule has 0 aliphatic rings. The zero-order chi connectivity index (χ0) is 13.7. The molecule has 0 aliphatic heterocycles. The lowest BCUT2D eigenvalue weighted by molar-refractivity contribution is 0.602. The molecule has 1 aromatic carbocycles. The number of hydrogen-bond acceptors (Lipinski definition) is 3. The third-order valence-electron chi connectivity index (χ3n) is 3.35. The highest BCUT2D eigenvalue weighted by atomic mass is 32.2. The maximum absolute atomic E-state index is 4.67. The Bertz CT molecular complexity index is 521. The maximum Gasteiger partial charge on any atom is 0.0719 e. The van der Waals surface area contributed by atoms with E-state index >= 15 is 0 Å². The lowest BCUT2D eigenvalue weighted by Gasteiger charge is -2.14. The quantitative estimate of drug-likeness (QED) is 0.789. The summed E-state index contributed by atoms with van der Waals surface area (Å²) in [5, 5.41) is 9.37. The van der Waals surface area contributed by atoms with Crippen LogP contribution in [0.4, 0.5) is 0 Å². The fraction of sp³-hybridized carbons (Fsp3) is 0.533. The number of aromatic nitrogens is 2. The molecule has 0 saturated heterocycles. The van der Waals surface area contributed by atoms with Crippen LogP contribution in [0.1, 0.15) is 19.0 Å². The highest BCUT2D eigenvalue weighted by Gasteiger charge is 2.13. The summed E-state index contributed by atoms with van der Waals surface area (Å²) in [5.74, 6) is 2.39. The van der Waals surface area contributed by atoms with Crippen LogP contribution in [0.5, 0.6) is 0 Å². The van der Waals surface area contributed by atoms with Gasteiger partial charge >= 0.3 is 0 Å². The molecular formula is C15H23N3S. The number of nitrogens with zero attached hydrogens (tertiary/aromatic N) is 2. The second-order valence-corrected chi connectivity index (χ2v) is 6.00. The van der Waals surface area contributed by atoms with E-state index in [0.717, 1.165) is 12.2 Å². The fourth-order valence-electron chi connectivity index (χ4n) is 2.29. The predicted octanol–water partition coefficient (Wildman–Crippen LogP) is 2.85.